The van der Waals surface area contributed by atoms with Crippen molar-refractivity contribution in [2.75, 3.05) is 12.4 Å². The monoisotopic (exact) mass is 422 g/mol. The molecule has 7 nitrogen and oxygen atoms in total. The first-order valence-electron chi connectivity index (χ1n) is 8.80. The third-order valence-electron chi connectivity index (χ3n) is 3.77. The summed E-state index contributed by atoms with van der Waals surface area (Å²) < 4.78 is 5.78. The number of carboxylic acids is 1. The molecule has 2 N–H and O–H groups in total. The van der Waals surface area contributed by atoms with E-state index in [0.29, 0.717) is 16.3 Å². The summed E-state index contributed by atoms with van der Waals surface area (Å²) in [4.78, 5) is 28.0. The van der Waals surface area contributed by atoms with E-state index in [4.69, 9.17) is 9.84 Å². The number of hydrogen-bond donors (Lipinski definition) is 2. The zero-order valence-electron chi connectivity index (χ0n) is 15.9. The van der Waals surface area contributed by atoms with Crippen LogP contribution < -0.4 is 10.1 Å². The number of rotatable bonds is 8. The van der Waals surface area contributed by atoms with Crippen LogP contribution in [0.15, 0.2) is 77.3 Å². The number of nitrogens with zero attached hydrogens (tertiary/aromatic N) is 1. The fraction of sp³-hybridized carbons (Fsp3) is 0.0455. The van der Waals surface area contributed by atoms with E-state index in [0.717, 1.165) is 11.3 Å². The van der Waals surface area contributed by atoms with Crippen molar-refractivity contribution >= 4 is 40.0 Å². The molecular weight excluding hydrogens is 404 g/mol. The number of nitrogens with one attached hydrogen (secondary N) is 1. The van der Waals surface area contributed by atoms with Crippen molar-refractivity contribution in [2.24, 2.45) is 5.16 Å². The maximum Gasteiger partial charge on any atom is 0.358 e. The summed E-state index contributed by atoms with van der Waals surface area (Å²) in [6.45, 7) is 0. The van der Waals surface area contributed by atoms with Gasteiger partial charge < -0.3 is 20.0 Å². The second-order valence-electron chi connectivity index (χ2n) is 5.94. The fourth-order valence-corrected chi connectivity index (χ4v) is 3.26. The number of amides is 1. The van der Waals surface area contributed by atoms with Crippen molar-refractivity contribution in [3.63, 3.8) is 0 Å². The molecule has 0 radical (unpaired) electrons. The molecule has 0 saturated carbocycles. The van der Waals surface area contributed by atoms with Gasteiger partial charge in [0, 0.05) is 17.0 Å². The van der Waals surface area contributed by atoms with Gasteiger partial charge in [-0.1, -0.05) is 35.5 Å². The maximum absolute atomic E-state index is 12.2. The van der Waals surface area contributed by atoms with E-state index >= 15 is 0 Å². The second-order valence-corrected chi connectivity index (χ2v) is 6.85. The van der Waals surface area contributed by atoms with E-state index in [-0.39, 0.29) is 11.6 Å². The predicted octanol–water partition coefficient (Wildman–Crippen LogP) is 4.63. The van der Waals surface area contributed by atoms with Gasteiger partial charge in [0.2, 0.25) is 5.91 Å². The largest absolute Gasteiger partial charge is 0.476 e. The Morgan fingerprint density at radius 2 is 1.83 bits per heavy atom. The van der Waals surface area contributed by atoms with Crippen LogP contribution in [0.5, 0.6) is 11.5 Å². The summed E-state index contributed by atoms with van der Waals surface area (Å²) in [6, 6.07) is 18.3. The molecule has 3 aromatic rings. The smallest absolute Gasteiger partial charge is 0.358 e. The van der Waals surface area contributed by atoms with E-state index in [1.165, 1.54) is 30.6 Å². The lowest BCUT2D eigenvalue weighted by molar-refractivity contribution is -0.129. The van der Waals surface area contributed by atoms with Gasteiger partial charge in [-0.05, 0) is 42.0 Å². The highest BCUT2D eigenvalue weighted by atomic mass is 32.1. The number of ether oxygens (including phenoxy) is 1. The Hall–Kier alpha value is -3.91. The molecule has 0 unspecified atom stereocenters. The van der Waals surface area contributed by atoms with E-state index < -0.39 is 5.97 Å². The lowest BCUT2D eigenvalue weighted by Crippen LogP contribution is -2.14. The first kappa shape index (κ1) is 20.8. The number of hydrogen-bond acceptors (Lipinski definition) is 6. The number of thiophene rings is 1. The third-order valence-corrected chi connectivity index (χ3v) is 4.61. The van der Waals surface area contributed by atoms with Crippen molar-refractivity contribution in [2.45, 2.75) is 0 Å². The van der Waals surface area contributed by atoms with Crippen LogP contribution in [-0.4, -0.2) is 29.8 Å². The quantitative estimate of drug-likeness (QED) is 0.313. The molecule has 3 rings (SSSR count). The standard InChI is InChI=1S/C22H18N2O5S/c1-28-24-21(22(26)27)16-13-20(30-14-16)23-19(25)11-10-15-6-5-9-18(12-15)29-17-7-3-2-4-8-17/h2-14H,1H3,(H,23,25)(H,26,27)/b11-10+,24-21-. The zero-order chi connectivity index (χ0) is 21.3. The molecule has 0 saturated heterocycles. The van der Waals surface area contributed by atoms with Gasteiger partial charge in [0.05, 0.1) is 5.00 Å². The maximum atomic E-state index is 12.2. The minimum atomic E-state index is -1.22. The number of carbonyl (C=O) groups is 2. The molecule has 152 valence electrons. The molecule has 0 spiro atoms. The highest BCUT2D eigenvalue weighted by Gasteiger charge is 2.16. The number of para-hydroxylation sites is 1. The van der Waals surface area contributed by atoms with E-state index in [1.54, 1.807) is 11.5 Å². The van der Waals surface area contributed by atoms with Gasteiger partial charge in [0.1, 0.15) is 18.6 Å². The van der Waals surface area contributed by atoms with E-state index in [2.05, 4.69) is 15.3 Å². The van der Waals surface area contributed by atoms with Crippen LogP contribution in [0, 0.1) is 0 Å². The number of aliphatic carboxylic acids is 1. The predicted molar refractivity (Wildman–Crippen MR) is 116 cm³/mol. The molecule has 0 atom stereocenters. The lowest BCUT2D eigenvalue weighted by atomic mass is 10.2. The Morgan fingerprint density at radius 3 is 2.57 bits per heavy atom. The van der Waals surface area contributed by atoms with Crippen molar-refractivity contribution in [3.8, 4) is 11.5 Å². The summed E-state index contributed by atoms with van der Waals surface area (Å²) in [6.07, 6.45) is 3.05. The molecule has 1 aromatic heterocycles. The van der Waals surface area contributed by atoms with Crippen molar-refractivity contribution in [3.05, 3.63) is 83.2 Å². The molecule has 2 aromatic carbocycles. The Kier molecular flexibility index (Phi) is 6.96. The summed E-state index contributed by atoms with van der Waals surface area (Å²) in [7, 11) is 1.27. The normalized spacial score (nSPS) is 11.3. The summed E-state index contributed by atoms with van der Waals surface area (Å²) in [5, 5.41) is 17.4. The Balaban J connectivity index is 1.63. The fourth-order valence-electron chi connectivity index (χ4n) is 2.47. The molecule has 1 amide bonds. The number of carbonyl (C=O) groups excluding carboxylic acids is 1. The average molecular weight is 422 g/mol. The van der Waals surface area contributed by atoms with Crippen LogP contribution in [0.3, 0.4) is 0 Å². The van der Waals surface area contributed by atoms with Crippen molar-refractivity contribution in [1.29, 1.82) is 0 Å². The minimum Gasteiger partial charge on any atom is -0.476 e. The first-order valence-corrected chi connectivity index (χ1v) is 9.68. The van der Waals surface area contributed by atoms with Crippen molar-refractivity contribution in [1.82, 2.24) is 0 Å². The number of oxime groups is 1. The van der Waals surface area contributed by atoms with Crippen LogP contribution in [0.25, 0.3) is 6.08 Å². The number of anilines is 1. The minimum absolute atomic E-state index is 0.236. The van der Waals surface area contributed by atoms with Crippen LogP contribution in [0.4, 0.5) is 5.00 Å². The molecule has 1 heterocycles. The Bertz CT molecular complexity index is 1090. The zero-order valence-corrected chi connectivity index (χ0v) is 16.8. The highest BCUT2D eigenvalue weighted by molar-refractivity contribution is 7.14. The third kappa shape index (κ3) is 5.79. The molecule has 0 aliphatic heterocycles. The van der Waals surface area contributed by atoms with Crippen LogP contribution in [0.1, 0.15) is 11.1 Å². The topological polar surface area (TPSA) is 97.2 Å². The molecule has 0 bridgehead atoms. The van der Waals surface area contributed by atoms with Crippen LogP contribution >= 0.6 is 11.3 Å². The van der Waals surface area contributed by atoms with Crippen LogP contribution in [0.2, 0.25) is 0 Å². The second kappa shape index (κ2) is 10.0. The Labute approximate surface area is 176 Å². The van der Waals surface area contributed by atoms with Gasteiger partial charge in [-0.2, -0.15) is 0 Å². The number of carboxylic acid groups (broad SMARTS) is 1. The highest BCUT2D eigenvalue weighted by Crippen LogP contribution is 2.23. The van der Waals surface area contributed by atoms with Gasteiger partial charge in [-0.25, -0.2) is 4.79 Å². The summed E-state index contributed by atoms with van der Waals surface area (Å²) in [5.41, 5.74) is 0.908. The van der Waals surface area contributed by atoms with Gasteiger partial charge in [0.15, 0.2) is 5.71 Å². The van der Waals surface area contributed by atoms with E-state index in [1.807, 2.05) is 54.6 Å². The SMILES string of the molecule is CO/N=C(\C(=O)O)c1csc(NC(=O)/C=C/c2cccc(Oc3ccccc3)c2)c1. The lowest BCUT2D eigenvalue weighted by Gasteiger charge is -2.05. The van der Waals surface area contributed by atoms with Gasteiger partial charge in [-0.15, -0.1) is 11.3 Å². The summed E-state index contributed by atoms with van der Waals surface area (Å²) in [5.74, 6) is -0.184. The molecule has 0 aliphatic carbocycles. The van der Waals surface area contributed by atoms with Gasteiger partial charge >= 0.3 is 5.97 Å². The van der Waals surface area contributed by atoms with Gasteiger partial charge in [-0.3, -0.25) is 4.79 Å². The average Bonchev–Trinajstić information content (AvgIpc) is 3.19. The van der Waals surface area contributed by atoms with Crippen molar-refractivity contribution < 1.29 is 24.3 Å². The van der Waals surface area contributed by atoms with Gasteiger partial charge in [0.25, 0.3) is 0 Å². The molecule has 0 aliphatic rings. The summed E-state index contributed by atoms with van der Waals surface area (Å²) >= 11 is 1.19. The van der Waals surface area contributed by atoms with E-state index in [9.17, 15) is 9.59 Å². The molecular formula is C22H18N2O5S. The molecule has 8 heteroatoms. The van der Waals surface area contributed by atoms with Crippen LogP contribution in [-0.2, 0) is 14.4 Å². The Morgan fingerprint density at radius 1 is 1.07 bits per heavy atom. The number of benzene rings is 2. The molecule has 0 fully saturated rings. The first-order chi connectivity index (χ1) is 14.5. The molecule has 30 heavy (non-hydrogen) atoms.